The summed E-state index contributed by atoms with van der Waals surface area (Å²) in [5.41, 5.74) is -0.0732. The van der Waals surface area contributed by atoms with Gasteiger partial charge in [-0.05, 0) is 45.6 Å². The lowest BCUT2D eigenvalue weighted by atomic mass is 9.96. The number of unbranched alkanes of at least 4 members (excludes halogenated alkanes) is 1. The second-order valence-electron chi connectivity index (χ2n) is 12.3. The molecule has 0 aromatic heterocycles. The van der Waals surface area contributed by atoms with Crippen LogP contribution in [0, 0.1) is 0 Å². The smallest absolute Gasteiger partial charge is 0.408 e. The van der Waals surface area contributed by atoms with Crippen LogP contribution in [0.2, 0.25) is 0 Å². The molecule has 1 aromatic rings. The molecule has 0 unspecified atom stereocenters. The van der Waals surface area contributed by atoms with Crippen LogP contribution in [0.25, 0.3) is 0 Å². The van der Waals surface area contributed by atoms with Gasteiger partial charge in [0.2, 0.25) is 5.91 Å². The Kier molecular flexibility index (Phi) is 16.4. The maximum absolute atomic E-state index is 13.7. The lowest BCUT2D eigenvalue weighted by Gasteiger charge is -2.44. The van der Waals surface area contributed by atoms with Crippen LogP contribution in [0.1, 0.15) is 73.3 Å². The third kappa shape index (κ3) is 15.5. The maximum Gasteiger partial charge on any atom is 0.408 e. The van der Waals surface area contributed by atoms with Crippen molar-refractivity contribution in [2.24, 2.45) is 0 Å². The van der Waals surface area contributed by atoms with E-state index in [9.17, 15) is 33.6 Å². The maximum atomic E-state index is 13.7. The molecular formula is C33H47N3O14. The van der Waals surface area contributed by atoms with Gasteiger partial charge in [0.25, 0.3) is 0 Å². The van der Waals surface area contributed by atoms with Crippen LogP contribution in [-0.4, -0.2) is 97.4 Å². The summed E-state index contributed by atoms with van der Waals surface area (Å²) in [7, 11) is 0. The van der Waals surface area contributed by atoms with Crippen LogP contribution in [-0.2, 0) is 63.7 Å². The summed E-state index contributed by atoms with van der Waals surface area (Å²) in [6.07, 6.45) is -8.09. The number of ether oxygens (including phenoxy) is 7. The number of nitrogens with one attached hydrogen (secondary N) is 3. The zero-order valence-corrected chi connectivity index (χ0v) is 29.3. The largest absolute Gasteiger partial charge is 0.463 e. The zero-order valence-electron chi connectivity index (χ0n) is 29.3. The first-order valence-electron chi connectivity index (χ1n) is 16.0. The van der Waals surface area contributed by atoms with Crippen LogP contribution < -0.4 is 16.0 Å². The van der Waals surface area contributed by atoms with Crippen molar-refractivity contribution in [3.63, 3.8) is 0 Å². The highest BCUT2D eigenvalue weighted by Gasteiger charge is 2.53. The van der Waals surface area contributed by atoms with E-state index in [0.29, 0.717) is 12.8 Å². The van der Waals surface area contributed by atoms with E-state index >= 15 is 0 Å². The Balaban J connectivity index is 2.23. The average molecular weight is 710 g/mol. The molecule has 1 saturated heterocycles. The normalized spacial score (nSPS) is 20.6. The Bertz CT molecular complexity index is 1330. The standard InChI is InChI=1S/C33H47N3O14/c1-19(37)44-18-25-26(46-20(2)38)27(47-21(3)39)28(48-22(4)40)30(49-25)36-29(41)24(35-32(43)50-33(5,6)7)15-11-12-16-34-31(42)45-17-23-13-9-8-10-14-23/h8-10,13-14,24-28,30H,11-12,15-18H2,1-7H3,(H,34,42)(H,35,43)(H,36,41)/t24-,25+,26+,27-,28+,30+/m0/s1. The Hall–Kier alpha value is -4.93. The predicted molar refractivity (Wildman–Crippen MR) is 172 cm³/mol. The molecule has 0 radical (unpaired) electrons. The van der Waals surface area contributed by atoms with Gasteiger partial charge in [0.1, 0.15) is 31.0 Å². The van der Waals surface area contributed by atoms with E-state index in [1.54, 1.807) is 20.8 Å². The van der Waals surface area contributed by atoms with Crippen LogP contribution in [0.4, 0.5) is 9.59 Å². The monoisotopic (exact) mass is 709 g/mol. The van der Waals surface area contributed by atoms with Gasteiger partial charge in [-0.25, -0.2) is 9.59 Å². The fourth-order valence-electron chi connectivity index (χ4n) is 4.74. The number of rotatable bonds is 15. The molecule has 1 aliphatic heterocycles. The lowest BCUT2D eigenvalue weighted by Crippen LogP contribution is -2.67. The van der Waals surface area contributed by atoms with E-state index in [-0.39, 0.29) is 19.6 Å². The number of hydrogen-bond acceptors (Lipinski definition) is 14. The van der Waals surface area contributed by atoms with E-state index < -0.39 is 90.9 Å². The fraction of sp³-hybridized carbons (Fsp3) is 0.606. The number of amides is 3. The quantitative estimate of drug-likeness (QED) is 0.135. The van der Waals surface area contributed by atoms with Crippen LogP contribution in [0.5, 0.6) is 0 Å². The second kappa shape index (κ2) is 19.9. The first kappa shape index (κ1) is 41.2. The average Bonchev–Trinajstić information content (AvgIpc) is 3.00. The van der Waals surface area contributed by atoms with Gasteiger partial charge in [-0.1, -0.05) is 30.3 Å². The third-order valence-corrected chi connectivity index (χ3v) is 6.68. The SMILES string of the molecule is CC(=O)OC[C@H]1O[C@@H](NC(=O)[C@H](CCCCNC(=O)OCc2ccccc2)NC(=O)OC(C)(C)C)[C@H](OC(C)=O)[C@@H](OC(C)=O)[C@@H]1OC(C)=O. The number of hydrogen-bond donors (Lipinski definition) is 3. The molecule has 0 bridgehead atoms. The van der Waals surface area contributed by atoms with Crippen molar-refractivity contribution in [1.82, 2.24) is 16.0 Å². The minimum atomic E-state index is -1.55. The van der Waals surface area contributed by atoms with E-state index in [1.165, 1.54) is 0 Å². The summed E-state index contributed by atoms with van der Waals surface area (Å²) in [4.78, 5) is 86.4. The third-order valence-electron chi connectivity index (χ3n) is 6.68. The van der Waals surface area contributed by atoms with Crippen molar-refractivity contribution in [2.45, 2.75) is 117 Å². The number of esters is 4. The molecule has 278 valence electrons. The molecule has 0 saturated carbocycles. The van der Waals surface area contributed by atoms with Gasteiger partial charge in [0, 0.05) is 34.2 Å². The molecule has 0 aliphatic carbocycles. The summed E-state index contributed by atoms with van der Waals surface area (Å²) in [6, 6.07) is 7.89. The van der Waals surface area contributed by atoms with Gasteiger partial charge in [0.15, 0.2) is 24.5 Å². The molecule has 2 rings (SSSR count). The van der Waals surface area contributed by atoms with Crippen molar-refractivity contribution >= 4 is 42.0 Å². The van der Waals surface area contributed by atoms with E-state index in [2.05, 4.69) is 16.0 Å². The molecular weight excluding hydrogens is 662 g/mol. The van der Waals surface area contributed by atoms with Gasteiger partial charge < -0.3 is 49.1 Å². The van der Waals surface area contributed by atoms with Crippen molar-refractivity contribution in [1.29, 1.82) is 0 Å². The molecule has 17 heteroatoms. The van der Waals surface area contributed by atoms with Gasteiger partial charge in [-0.2, -0.15) is 0 Å². The molecule has 1 fully saturated rings. The molecule has 50 heavy (non-hydrogen) atoms. The lowest BCUT2D eigenvalue weighted by molar-refractivity contribution is -0.257. The first-order chi connectivity index (χ1) is 23.4. The molecule has 0 spiro atoms. The fourth-order valence-corrected chi connectivity index (χ4v) is 4.74. The van der Waals surface area contributed by atoms with E-state index in [4.69, 9.17) is 33.2 Å². The highest BCUT2D eigenvalue weighted by Crippen LogP contribution is 2.28. The van der Waals surface area contributed by atoms with E-state index in [1.807, 2.05) is 30.3 Å². The molecule has 17 nitrogen and oxygen atoms in total. The van der Waals surface area contributed by atoms with Crippen molar-refractivity contribution in [2.75, 3.05) is 13.2 Å². The summed E-state index contributed by atoms with van der Waals surface area (Å²) >= 11 is 0. The van der Waals surface area contributed by atoms with Gasteiger partial charge in [-0.15, -0.1) is 0 Å². The number of carbonyl (C=O) groups excluding carboxylic acids is 7. The molecule has 3 amide bonds. The molecule has 3 N–H and O–H groups in total. The summed E-state index contributed by atoms with van der Waals surface area (Å²) < 4.78 is 37.7. The molecule has 1 aromatic carbocycles. The number of carbonyl (C=O) groups is 7. The first-order valence-corrected chi connectivity index (χ1v) is 16.0. The van der Waals surface area contributed by atoms with Crippen LogP contribution in [0.3, 0.4) is 0 Å². The summed E-state index contributed by atoms with van der Waals surface area (Å²) in [5, 5.41) is 7.70. The van der Waals surface area contributed by atoms with Crippen LogP contribution in [0.15, 0.2) is 30.3 Å². The minimum absolute atomic E-state index is 0.0527. The molecule has 1 aliphatic rings. The molecule has 1 heterocycles. The van der Waals surface area contributed by atoms with Crippen molar-refractivity contribution < 1.29 is 66.7 Å². The summed E-state index contributed by atoms with van der Waals surface area (Å²) in [5.74, 6) is -4.03. The van der Waals surface area contributed by atoms with E-state index in [0.717, 1.165) is 33.3 Å². The van der Waals surface area contributed by atoms with Crippen molar-refractivity contribution in [3.05, 3.63) is 35.9 Å². The topological polar surface area (TPSA) is 220 Å². The van der Waals surface area contributed by atoms with Crippen LogP contribution >= 0.6 is 0 Å². The Morgan fingerprint density at radius 1 is 0.760 bits per heavy atom. The zero-order chi connectivity index (χ0) is 37.4. The highest BCUT2D eigenvalue weighted by atomic mass is 16.7. The Morgan fingerprint density at radius 2 is 1.36 bits per heavy atom. The highest BCUT2D eigenvalue weighted by molar-refractivity contribution is 5.86. The number of alkyl carbamates (subject to hydrolysis) is 2. The minimum Gasteiger partial charge on any atom is -0.463 e. The Morgan fingerprint density at radius 3 is 1.94 bits per heavy atom. The number of benzene rings is 1. The van der Waals surface area contributed by atoms with Gasteiger partial charge in [0.05, 0.1) is 0 Å². The predicted octanol–water partition coefficient (Wildman–Crippen LogP) is 2.18. The Labute approximate surface area is 290 Å². The van der Waals surface area contributed by atoms with Gasteiger partial charge in [-0.3, -0.25) is 24.0 Å². The molecule has 6 atom stereocenters. The van der Waals surface area contributed by atoms with Gasteiger partial charge >= 0.3 is 36.1 Å². The van der Waals surface area contributed by atoms with Crippen molar-refractivity contribution in [3.8, 4) is 0 Å². The second-order valence-corrected chi connectivity index (χ2v) is 12.3. The summed E-state index contributed by atoms with van der Waals surface area (Å²) in [6.45, 7) is 9.06.